The minimum Gasteiger partial charge on any atom is -0.481 e. The summed E-state index contributed by atoms with van der Waals surface area (Å²) in [5, 5.41) is 8.77. The summed E-state index contributed by atoms with van der Waals surface area (Å²) < 4.78 is 5.96. The summed E-state index contributed by atoms with van der Waals surface area (Å²) in [5.74, 6) is -0.707. The predicted molar refractivity (Wildman–Crippen MR) is 172 cm³/mol. The Bertz CT molecular complexity index is 571. The van der Waals surface area contributed by atoms with Crippen LogP contribution in [-0.4, -0.2) is 23.1 Å². The summed E-state index contributed by atoms with van der Waals surface area (Å²) in [5.41, 5.74) is 0. The molecule has 0 fully saturated rings. The Hall–Kier alpha value is -1.32. The van der Waals surface area contributed by atoms with E-state index in [1.807, 2.05) is 0 Å². The number of carboxylic acid groups (broad SMARTS) is 1. The normalized spacial score (nSPS) is 12.2. The highest BCUT2D eigenvalue weighted by Crippen LogP contribution is 2.18. The van der Waals surface area contributed by atoms with Crippen LogP contribution >= 0.6 is 0 Å². The summed E-state index contributed by atoms with van der Waals surface area (Å²) in [6.45, 7) is 4.52. The van der Waals surface area contributed by atoms with Gasteiger partial charge in [-0.1, -0.05) is 135 Å². The third kappa shape index (κ3) is 31.2. The number of rotatable bonds is 32. The maximum Gasteiger partial charge on any atom is 0.306 e. The van der Waals surface area contributed by atoms with E-state index < -0.39 is 5.97 Å². The molecule has 0 aromatic heterocycles. The number of carboxylic acids is 1. The lowest BCUT2D eigenvalue weighted by Crippen LogP contribution is -2.18. The molecule has 236 valence electrons. The molecule has 0 rings (SSSR count). The number of ether oxygens (including phenoxy) is 1. The van der Waals surface area contributed by atoms with Crippen molar-refractivity contribution in [3.05, 3.63) is 12.2 Å². The summed E-state index contributed by atoms with van der Waals surface area (Å²) in [6.07, 6.45) is 37.9. The van der Waals surface area contributed by atoms with Crippen molar-refractivity contribution >= 4 is 11.9 Å². The lowest BCUT2D eigenvalue weighted by atomic mass is 10.0. The van der Waals surface area contributed by atoms with Gasteiger partial charge >= 0.3 is 11.9 Å². The van der Waals surface area contributed by atoms with Crippen molar-refractivity contribution in [2.24, 2.45) is 0 Å². The number of carbonyl (C=O) groups excluding carboxylic acids is 1. The van der Waals surface area contributed by atoms with Crippen LogP contribution in [0, 0.1) is 0 Å². The molecule has 0 aliphatic carbocycles. The summed E-state index contributed by atoms with van der Waals surface area (Å²) >= 11 is 0. The van der Waals surface area contributed by atoms with E-state index in [2.05, 4.69) is 26.0 Å². The maximum absolute atomic E-state index is 12.6. The Labute approximate surface area is 249 Å². The molecule has 0 aliphatic heterocycles. The van der Waals surface area contributed by atoms with Gasteiger partial charge in [-0.25, -0.2) is 0 Å². The summed E-state index contributed by atoms with van der Waals surface area (Å²) in [6, 6.07) is 0. The largest absolute Gasteiger partial charge is 0.481 e. The van der Waals surface area contributed by atoms with Crippen LogP contribution in [0.4, 0.5) is 0 Å². The van der Waals surface area contributed by atoms with Crippen LogP contribution in [0.15, 0.2) is 12.2 Å². The van der Waals surface area contributed by atoms with Crippen LogP contribution in [0.5, 0.6) is 0 Å². The molecule has 0 aliphatic rings. The first-order chi connectivity index (χ1) is 19.6. The molecule has 4 nitrogen and oxygen atoms in total. The smallest absolute Gasteiger partial charge is 0.306 e. The van der Waals surface area contributed by atoms with E-state index in [9.17, 15) is 9.59 Å². The first kappa shape index (κ1) is 38.7. The fourth-order valence-electron chi connectivity index (χ4n) is 5.35. The molecule has 0 heterocycles. The van der Waals surface area contributed by atoms with Crippen LogP contribution in [0.1, 0.15) is 200 Å². The third-order valence-corrected chi connectivity index (χ3v) is 7.99. The Morgan fingerprint density at radius 1 is 0.525 bits per heavy atom. The Balaban J connectivity index is 3.99. The van der Waals surface area contributed by atoms with E-state index in [4.69, 9.17) is 9.84 Å². The van der Waals surface area contributed by atoms with E-state index in [1.165, 1.54) is 109 Å². The molecule has 0 aromatic carbocycles. The summed E-state index contributed by atoms with van der Waals surface area (Å²) in [4.78, 5) is 23.2. The Morgan fingerprint density at radius 2 is 0.900 bits per heavy atom. The van der Waals surface area contributed by atoms with E-state index in [0.29, 0.717) is 6.42 Å². The van der Waals surface area contributed by atoms with Crippen molar-refractivity contribution in [3.8, 4) is 0 Å². The molecule has 0 spiro atoms. The Kier molecular flexibility index (Phi) is 31.1. The number of hydrogen-bond donors (Lipinski definition) is 1. The van der Waals surface area contributed by atoms with Gasteiger partial charge in [-0.15, -0.1) is 0 Å². The molecule has 4 heteroatoms. The van der Waals surface area contributed by atoms with E-state index in [0.717, 1.165) is 64.2 Å². The number of aliphatic carboxylic acids is 1. The SMILES string of the molecule is CCCCCCC/C=C\CCCCCCCC(=O)OC(CCCCCCCCCC)CCCCCCCC(=O)O. The van der Waals surface area contributed by atoms with Gasteiger partial charge in [0.15, 0.2) is 0 Å². The van der Waals surface area contributed by atoms with Crippen LogP contribution in [0.2, 0.25) is 0 Å². The number of allylic oxidation sites excluding steroid dienone is 2. The quantitative estimate of drug-likeness (QED) is 0.0501. The van der Waals surface area contributed by atoms with Crippen LogP contribution in [-0.2, 0) is 14.3 Å². The molecule has 0 radical (unpaired) electrons. The van der Waals surface area contributed by atoms with E-state index >= 15 is 0 Å². The zero-order chi connectivity index (χ0) is 29.4. The first-order valence-corrected chi connectivity index (χ1v) is 17.7. The predicted octanol–water partition coefficient (Wildman–Crippen LogP) is 11.9. The van der Waals surface area contributed by atoms with Gasteiger partial charge in [0.2, 0.25) is 0 Å². The molecular weight excluding hydrogens is 496 g/mol. The standard InChI is InChI=1S/C36H68O4/c1-3-5-7-9-11-13-14-15-16-17-18-20-25-29-33-36(39)40-34(30-26-22-19-12-10-8-6-4-2)31-27-23-21-24-28-32-35(37)38/h14-15,34H,3-13,16-33H2,1-2H3,(H,37,38)/b15-14-. The van der Waals surface area contributed by atoms with E-state index in [1.54, 1.807) is 0 Å². The van der Waals surface area contributed by atoms with Gasteiger partial charge < -0.3 is 9.84 Å². The van der Waals surface area contributed by atoms with Gasteiger partial charge in [-0.05, 0) is 64.2 Å². The molecule has 40 heavy (non-hydrogen) atoms. The average Bonchev–Trinajstić information content (AvgIpc) is 2.93. The molecular formula is C36H68O4. The highest BCUT2D eigenvalue weighted by Gasteiger charge is 2.14. The number of hydrogen-bond acceptors (Lipinski definition) is 3. The van der Waals surface area contributed by atoms with Gasteiger partial charge in [0, 0.05) is 12.8 Å². The third-order valence-electron chi connectivity index (χ3n) is 7.99. The van der Waals surface area contributed by atoms with Gasteiger partial charge in [-0.3, -0.25) is 9.59 Å². The van der Waals surface area contributed by atoms with Gasteiger partial charge in [0.25, 0.3) is 0 Å². The van der Waals surface area contributed by atoms with Gasteiger partial charge in [-0.2, -0.15) is 0 Å². The van der Waals surface area contributed by atoms with Crippen molar-refractivity contribution < 1.29 is 19.4 Å². The number of esters is 1. The van der Waals surface area contributed by atoms with Gasteiger partial charge in [0.1, 0.15) is 6.10 Å². The minimum absolute atomic E-state index is 0.00658. The van der Waals surface area contributed by atoms with Crippen molar-refractivity contribution in [1.82, 2.24) is 0 Å². The number of carbonyl (C=O) groups is 2. The van der Waals surface area contributed by atoms with Crippen LogP contribution < -0.4 is 0 Å². The van der Waals surface area contributed by atoms with Gasteiger partial charge in [0.05, 0.1) is 0 Å². The molecule has 0 saturated carbocycles. The second-order valence-corrected chi connectivity index (χ2v) is 12.1. The van der Waals surface area contributed by atoms with Crippen molar-refractivity contribution in [1.29, 1.82) is 0 Å². The second kappa shape index (κ2) is 32.2. The van der Waals surface area contributed by atoms with Crippen molar-refractivity contribution in [2.75, 3.05) is 0 Å². The lowest BCUT2D eigenvalue weighted by Gasteiger charge is -2.18. The van der Waals surface area contributed by atoms with Crippen LogP contribution in [0.3, 0.4) is 0 Å². The fraction of sp³-hybridized carbons (Fsp3) is 0.889. The maximum atomic E-state index is 12.6. The molecule has 0 amide bonds. The topological polar surface area (TPSA) is 63.6 Å². The molecule has 0 aromatic rings. The first-order valence-electron chi connectivity index (χ1n) is 17.7. The lowest BCUT2D eigenvalue weighted by molar-refractivity contribution is -0.150. The van der Waals surface area contributed by atoms with E-state index in [-0.39, 0.29) is 18.5 Å². The minimum atomic E-state index is -0.701. The van der Waals surface area contributed by atoms with Crippen molar-refractivity contribution in [2.45, 2.75) is 206 Å². The molecule has 0 bridgehead atoms. The highest BCUT2D eigenvalue weighted by molar-refractivity contribution is 5.69. The second-order valence-electron chi connectivity index (χ2n) is 12.1. The monoisotopic (exact) mass is 565 g/mol. The highest BCUT2D eigenvalue weighted by atomic mass is 16.5. The zero-order valence-corrected chi connectivity index (χ0v) is 26.9. The molecule has 0 saturated heterocycles. The summed E-state index contributed by atoms with van der Waals surface area (Å²) in [7, 11) is 0. The number of unbranched alkanes of at least 4 members (excludes halogenated alkanes) is 21. The Morgan fingerprint density at radius 3 is 1.35 bits per heavy atom. The zero-order valence-electron chi connectivity index (χ0n) is 26.9. The molecule has 1 atom stereocenters. The molecule has 1 unspecified atom stereocenters. The fourth-order valence-corrected chi connectivity index (χ4v) is 5.35. The molecule has 1 N–H and O–H groups in total. The average molecular weight is 565 g/mol. The van der Waals surface area contributed by atoms with Crippen molar-refractivity contribution in [3.63, 3.8) is 0 Å². The van der Waals surface area contributed by atoms with Crippen LogP contribution in [0.25, 0.3) is 0 Å².